The Kier molecular flexibility index (Phi) is 5.44. The zero-order valence-electron chi connectivity index (χ0n) is 19.2. The molecule has 0 saturated carbocycles. The van der Waals surface area contributed by atoms with Crippen molar-refractivity contribution in [2.24, 2.45) is 0 Å². The first-order chi connectivity index (χ1) is 17.2. The van der Waals surface area contributed by atoms with Crippen LogP contribution < -0.4 is 4.74 Å². The van der Waals surface area contributed by atoms with Crippen LogP contribution in [0.4, 0.5) is 0 Å². The van der Waals surface area contributed by atoms with Crippen LogP contribution in [-0.2, 0) is 0 Å². The lowest BCUT2D eigenvalue weighted by Gasteiger charge is -2.11. The van der Waals surface area contributed by atoms with Gasteiger partial charge in [-0.15, -0.1) is 0 Å². The molecule has 0 aliphatic carbocycles. The number of H-pyrrole nitrogens is 2. The maximum Gasteiger partial charge on any atom is 0.159 e. The molecular weight excluding hydrogens is 460 g/mol. The van der Waals surface area contributed by atoms with E-state index < -0.39 is 0 Å². The first-order valence-electron chi connectivity index (χ1n) is 11.1. The monoisotopic (exact) mass is 482 g/mol. The van der Waals surface area contributed by atoms with Crippen LogP contribution in [-0.4, -0.2) is 67.3 Å². The average molecular weight is 483 g/mol. The Morgan fingerprint density at radius 3 is 2.77 bits per heavy atom. The van der Waals surface area contributed by atoms with Crippen molar-refractivity contribution in [1.82, 2.24) is 40.0 Å². The summed E-state index contributed by atoms with van der Waals surface area (Å²) in [5, 5.41) is 12.7. The predicted molar refractivity (Wildman–Crippen MR) is 137 cm³/mol. The summed E-state index contributed by atoms with van der Waals surface area (Å²) in [7, 11) is 4.03. The highest BCUT2D eigenvalue weighted by Crippen LogP contribution is 2.32. The molecule has 0 amide bonds. The number of likely N-dealkylation sites (N-methyl/N-ethyl adjacent to an activating group) is 1. The normalized spacial score (nSPS) is 11.6. The molecule has 0 unspecified atom stereocenters. The molecule has 9 nitrogen and oxygen atoms in total. The van der Waals surface area contributed by atoms with Crippen LogP contribution >= 0.6 is 11.3 Å². The van der Waals surface area contributed by atoms with Gasteiger partial charge in [-0.05, 0) is 48.6 Å². The lowest BCUT2D eigenvalue weighted by molar-refractivity contribution is 0.261. The van der Waals surface area contributed by atoms with Crippen molar-refractivity contribution in [2.75, 3.05) is 27.2 Å². The number of pyridine rings is 3. The number of nitrogens with zero attached hydrogens (tertiary/aromatic N) is 6. The molecule has 0 bridgehead atoms. The van der Waals surface area contributed by atoms with Crippen molar-refractivity contribution in [1.29, 1.82) is 0 Å². The van der Waals surface area contributed by atoms with Crippen LogP contribution in [0.15, 0.2) is 59.9 Å². The molecule has 2 N–H and O–H groups in total. The van der Waals surface area contributed by atoms with E-state index in [0.717, 1.165) is 56.6 Å². The number of hydrogen-bond donors (Lipinski definition) is 2. The highest BCUT2D eigenvalue weighted by molar-refractivity contribution is 7.08. The van der Waals surface area contributed by atoms with E-state index in [1.54, 1.807) is 36.1 Å². The summed E-state index contributed by atoms with van der Waals surface area (Å²) in [6, 6.07) is 6.03. The SMILES string of the molecule is CN(C)CCOc1cncc(-c2cc3c(-c4nc5c(-c6ccsc6)cncc5[nH]4)n[nH]c3cn2)c1. The van der Waals surface area contributed by atoms with E-state index in [-0.39, 0.29) is 0 Å². The Morgan fingerprint density at radius 2 is 1.91 bits per heavy atom. The number of aromatic amines is 2. The van der Waals surface area contributed by atoms with Gasteiger partial charge >= 0.3 is 0 Å². The summed E-state index contributed by atoms with van der Waals surface area (Å²) in [4.78, 5) is 23.7. The van der Waals surface area contributed by atoms with E-state index in [9.17, 15) is 0 Å². The van der Waals surface area contributed by atoms with Crippen LogP contribution in [0.2, 0.25) is 0 Å². The Balaban J connectivity index is 1.38. The van der Waals surface area contributed by atoms with Gasteiger partial charge in [-0.2, -0.15) is 16.4 Å². The average Bonchev–Trinajstić information content (AvgIpc) is 3.62. The van der Waals surface area contributed by atoms with Gasteiger partial charge in [0.2, 0.25) is 0 Å². The summed E-state index contributed by atoms with van der Waals surface area (Å²) in [5.41, 5.74) is 7.02. The lowest BCUT2D eigenvalue weighted by Crippen LogP contribution is -2.19. The molecule has 0 fully saturated rings. The van der Waals surface area contributed by atoms with E-state index in [0.29, 0.717) is 18.2 Å². The summed E-state index contributed by atoms with van der Waals surface area (Å²) in [6.45, 7) is 1.42. The maximum absolute atomic E-state index is 5.85. The second-order valence-electron chi connectivity index (χ2n) is 8.43. The molecule has 0 saturated heterocycles. The summed E-state index contributed by atoms with van der Waals surface area (Å²) in [6.07, 6.45) is 8.92. The first-order valence-corrected chi connectivity index (χ1v) is 12.0. The molecule has 6 heterocycles. The fraction of sp³-hybridized carbons (Fsp3) is 0.160. The minimum Gasteiger partial charge on any atom is -0.491 e. The Hall–Kier alpha value is -4.15. The summed E-state index contributed by atoms with van der Waals surface area (Å²) < 4.78 is 5.85. The highest BCUT2D eigenvalue weighted by Gasteiger charge is 2.17. The standard InChI is InChI=1S/C25H22N8OS/c1-33(2)4-5-34-17-7-16(9-26-10-17)20-8-18-21(13-28-20)31-32-24(18)25-29-22-12-27-11-19(23(22)30-25)15-3-6-35-14-15/h3,6-14H,4-5H2,1-2H3,(H,29,30)(H,31,32). The van der Waals surface area contributed by atoms with Crippen LogP contribution in [0.1, 0.15) is 0 Å². The van der Waals surface area contributed by atoms with E-state index in [2.05, 4.69) is 51.9 Å². The molecule has 6 rings (SSSR count). The van der Waals surface area contributed by atoms with Crippen molar-refractivity contribution in [3.05, 3.63) is 59.9 Å². The minimum atomic E-state index is 0.588. The zero-order chi connectivity index (χ0) is 23.8. The predicted octanol–water partition coefficient (Wildman–Crippen LogP) is 4.63. The van der Waals surface area contributed by atoms with Gasteiger partial charge < -0.3 is 14.6 Å². The first kappa shape index (κ1) is 21.4. The number of thiophene rings is 1. The van der Waals surface area contributed by atoms with E-state index in [1.807, 2.05) is 32.4 Å². The molecule has 174 valence electrons. The van der Waals surface area contributed by atoms with Crippen LogP contribution in [0.5, 0.6) is 5.75 Å². The minimum absolute atomic E-state index is 0.588. The van der Waals surface area contributed by atoms with E-state index >= 15 is 0 Å². The third kappa shape index (κ3) is 4.13. The molecule has 6 aromatic rings. The highest BCUT2D eigenvalue weighted by atomic mass is 32.1. The molecule has 0 aromatic carbocycles. The van der Waals surface area contributed by atoms with Crippen LogP contribution in [0.25, 0.3) is 55.8 Å². The van der Waals surface area contributed by atoms with Gasteiger partial charge in [-0.3, -0.25) is 20.1 Å². The van der Waals surface area contributed by atoms with Crippen molar-refractivity contribution in [2.45, 2.75) is 0 Å². The Bertz CT molecular complexity index is 1620. The number of fused-ring (bicyclic) bond motifs is 2. The molecule has 10 heteroatoms. The van der Waals surface area contributed by atoms with Crippen molar-refractivity contribution in [3.8, 4) is 39.7 Å². The number of imidazole rings is 1. The van der Waals surface area contributed by atoms with Crippen molar-refractivity contribution < 1.29 is 4.74 Å². The van der Waals surface area contributed by atoms with Gasteiger partial charge in [0.15, 0.2) is 5.82 Å². The number of ether oxygens (including phenoxy) is 1. The van der Waals surface area contributed by atoms with Gasteiger partial charge in [0.05, 0.1) is 35.3 Å². The van der Waals surface area contributed by atoms with Gasteiger partial charge in [0.25, 0.3) is 0 Å². The Morgan fingerprint density at radius 1 is 1.00 bits per heavy atom. The molecule has 6 aromatic heterocycles. The Labute approximate surface area is 204 Å². The van der Waals surface area contributed by atoms with E-state index in [4.69, 9.17) is 9.72 Å². The smallest absolute Gasteiger partial charge is 0.159 e. The van der Waals surface area contributed by atoms with Gasteiger partial charge in [-0.1, -0.05) is 0 Å². The topological polar surface area (TPSA) is 109 Å². The summed E-state index contributed by atoms with van der Waals surface area (Å²) >= 11 is 1.65. The number of aromatic nitrogens is 7. The van der Waals surface area contributed by atoms with Crippen molar-refractivity contribution >= 4 is 33.3 Å². The van der Waals surface area contributed by atoms with Gasteiger partial charge in [0, 0.05) is 35.5 Å². The van der Waals surface area contributed by atoms with E-state index in [1.165, 1.54) is 0 Å². The number of hydrogen-bond acceptors (Lipinski definition) is 8. The lowest BCUT2D eigenvalue weighted by atomic mass is 10.1. The molecule has 0 spiro atoms. The maximum atomic E-state index is 5.85. The molecule has 0 aliphatic heterocycles. The third-order valence-electron chi connectivity index (χ3n) is 5.71. The molecule has 35 heavy (non-hydrogen) atoms. The zero-order valence-corrected chi connectivity index (χ0v) is 20.0. The van der Waals surface area contributed by atoms with Gasteiger partial charge in [-0.25, -0.2) is 4.98 Å². The van der Waals surface area contributed by atoms with Crippen LogP contribution in [0.3, 0.4) is 0 Å². The van der Waals surface area contributed by atoms with Crippen molar-refractivity contribution in [3.63, 3.8) is 0 Å². The quantitative estimate of drug-likeness (QED) is 0.342. The number of nitrogens with one attached hydrogen (secondary N) is 2. The summed E-state index contributed by atoms with van der Waals surface area (Å²) in [5.74, 6) is 1.39. The van der Waals surface area contributed by atoms with Gasteiger partial charge in [0.1, 0.15) is 23.6 Å². The molecular formula is C25H22N8OS. The second-order valence-corrected chi connectivity index (χ2v) is 9.21. The fourth-order valence-electron chi connectivity index (χ4n) is 3.91. The third-order valence-corrected chi connectivity index (χ3v) is 6.40. The second kappa shape index (κ2) is 8.90. The number of rotatable bonds is 7. The molecule has 0 radical (unpaired) electrons. The van der Waals surface area contributed by atoms with Crippen LogP contribution in [0, 0.1) is 0 Å². The largest absolute Gasteiger partial charge is 0.491 e. The fourth-order valence-corrected chi connectivity index (χ4v) is 4.57. The molecule has 0 atom stereocenters. The molecule has 0 aliphatic rings.